The van der Waals surface area contributed by atoms with Gasteiger partial charge in [0.15, 0.2) is 0 Å². The molecule has 0 bridgehead atoms. The number of benzene rings is 10. The maximum atomic E-state index is 5.73. The fourth-order valence-electron chi connectivity index (χ4n) is 12.6. The number of nitrogens with zero attached hydrogens (tertiary/aromatic N) is 1. The lowest BCUT2D eigenvalue weighted by molar-refractivity contribution is 0.616. The van der Waals surface area contributed by atoms with E-state index in [0.717, 1.165) is 64.8 Å². The van der Waals surface area contributed by atoms with Gasteiger partial charge < -0.3 is 9.32 Å². The van der Waals surface area contributed by atoms with Gasteiger partial charge >= 0.3 is 0 Å². The van der Waals surface area contributed by atoms with Gasteiger partial charge in [-0.2, -0.15) is 0 Å². The van der Waals surface area contributed by atoms with Crippen molar-refractivity contribution in [2.45, 2.75) is 50.4 Å². The van der Waals surface area contributed by atoms with E-state index in [9.17, 15) is 0 Å². The Balaban J connectivity index is 1.06. The zero-order chi connectivity index (χ0) is 48.2. The fraction of sp³-hybridized carbons (Fsp3) is 0.114. The van der Waals surface area contributed by atoms with Crippen LogP contribution in [0, 0.1) is 0 Å². The average molecular weight is 926 g/mol. The molecule has 0 aliphatic heterocycles. The van der Waals surface area contributed by atoms with Crippen molar-refractivity contribution in [1.29, 1.82) is 0 Å². The predicted molar refractivity (Wildman–Crippen MR) is 299 cm³/mol. The van der Waals surface area contributed by atoms with Crippen LogP contribution in [0.1, 0.15) is 82.3 Å². The second-order valence-corrected chi connectivity index (χ2v) is 19.7. The summed E-state index contributed by atoms with van der Waals surface area (Å²) in [6, 6.07) is 91.6. The van der Waals surface area contributed by atoms with Gasteiger partial charge in [0.2, 0.25) is 0 Å². The number of furan rings is 1. The van der Waals surface area contributed by atoms with E-state index in [1.54, 1.807) is 6.26 Å². The van der Waals surface area contributed by atoms with Crippen molar-refractivity contribution in [3.63, 3.8) is 0 Å². The van der Waals surface area contributed by atoms with Gasteiger partial charge in [-0.05, 0) is 156 Å². The van der Waals surface area contributed by atoms with Gasteiger partial charge in [-0.1, -0.05) is 215 Å². The molecule has 72 heavy (non-hydrogen) atoms. The van der Waals surface area contributed by atoms with E-state index in [4.69, 9.17) is 4.42 Å². The molecule has 2 unspecified atom stereocenters. The molecule has 0 saturated heterocycles. The Morgan fingerprint density at radius 1 is 0.347 bits per heavy atom. The quantitative estimate of drug-likeness (QED) is 0.121. The van der Waals surface area contributed by atoms with Crippen molar-refractivity contribution in [2.75, 3.05) is 4.90 Å². The molecule has 2 heteroatoms. The average Bonchev–Trinajstić information content (AvgIpc) is 4.12. The van der Waals surface area contributed by atoms with E-state index < -0.39 is 10.8 Å². The van der Waals surface area contributed by atoms with Crippen LogP contribution in [0.4, 0.5) is 17.1 Å². The smallest absolute Gasteiger partial charge is 0.133 e. The van der Waals surface area contributed by atoms with Crippen LogP contribution in [0.2, 0.25) is 0 Å². The summed E-state index contributed by atoms with van der Waals surface area (Å²) >= 11 is 0. The second kappa shape index (κ2) is 17.7. The third kappa shape index (κ3) is 6.77. The lowest BCUT2D eigenvalue weighted by Crippen LogP contribution is -2.29. The zero-order valence-electron chi connectivity index (χ0n) is 40.9. The number of fused-ring (bicyclic) bond motifs is 7. The number of aryl methyl sites for hydroxylation is 2. The first-order valence-corrected chi connectivity index (χ1v) is 25.8. The van der Waals surface area contributed by atoms with E-state index in [-0.39, 0.29) is 0 Å². The maximum absolute atomic E-state index is 5.73. The summed E-state index contributed by atoms with van der Waals surface area (Å²) in [5, 5.41) is 1.10. The van der Waals surface area contributed by atoms with Crippen LogP contribution in [0.25, 0.3) is 44.3 Å². The van der Waals surface area contributed by atoms with E-state index in [0.29, 0.717) is 0 Å². The summed E-state index contributed by atoms with van der Waals surface area (Å²) in [5.41, 5.74) is 23.4. The summed E-state index contributed by atoms with van der Waals surface area (Å²) in [5.74, 6) is 0. The first-order valence-electron chi connectivity index (χ1n) is 25.8. The zero-order valence-corrected chi connectivity index (χ0v) is 40.9. The molecular formula is C70H55NO. The molecule has 10 aromatic carbocycles. The Morgan fingerprint density at radius 3 is 1.28 bits per heavy atom. The van der Waals surface area contributed by atoms with Gasteiger partial charge in [0.1, 0.15) is 5.58 Å². The van der Waals surface area contributed by atoms with Crippen molar-refractivity contribution in [1.82, 2.24) is 0 Å². The highest BCUT2D eigenvalue weighted by molar-refractivity contribution is 5.93. The minimum atomic E-state index is -0.554. The lowest BCUT2D eigenvalue weighted by atomic mass is 9.67. The minimum absolute atomic E-state index is 0.554. The van der Waals surface area contributed by atoms with Crippen LogP contribution >= 0.6 is 0 Å². The maximum Gasteiger partial charge on any atom is 0.133 e. The van der Waals surface area contributed by atoms with E-state index in [2.05, 4.69) is 255 Å². The van der Waals surface area contributed by atoms with E-state index >= 15 is 0 Å². The molecule has 0 saturated carbocycles. The number of hydrogen-bond donors (Lipinski definition) is 0. The van der Waals surface area contributed by atoms with Crippen LogP contribution in [0.3, 0.4) is 0 Å². The molecule has 346 valence electrons. The fourth-order valence-corrected chi connectivity index (χ4v) is 12.6. The van der Waals surface area contributed by atoms with Crippen LogP contribution < -0.4 is 4.90 Å². The summed E-state index contributed by atoms with van der Waals surface area (Å²) in [4.78, 5) is 2.50. The predicted octanol–water partition coefficient (Wildman–Crippen LogP) is 18.2. The highest BCUT2D eigenvalue weighted by atomic mass is 16.3. The van der Waals surface area contributed by atoms with Crippen molar-refractivity contribution in [2.24, 2.45) is 0 Å². The van der Waals surface area contributed by atoms with Gasteiger partial charge in [-0.25, -0.2) is 0 Å². The monoisotopic (exact) mass is 925 g/mol. The number of hydrogen-bond acceptors (Lipinski definition) is 2. The number of rotatable bonds is 12. The van der Waals surface area contributed by atoms with Crippen molar-refractivity contribution in [3.8, 4) is 33.4 Å². The molecule has 1 aromatic heterocycles. The molecule has 2 nitrogen and oxygen atoms in total. The van der Waals surface area contributed by atoms with Crippen LogP contribution in [0.15, 0.2) is 253 Å². The Morgan fingerprint density at radius 2 is 0.778 bits per heavy atom. The molecule has 1 heterocycles. The molecule has 0 fully saturated rings. The highest BCUT2D eigenvalue weighted by Crippen LogP contribution is 2.59. The van der Waals surface area contributed by atoms with Gasteiger partial charge in [0.05, 0.1) is 17.1 Å². The Bertz CT molecular complexity index is 3560. The van der Waals surface area contributed by atoms with Crippen LogP contribution in [0.5, 0.6) is 0 Å². The first kappa shape index (κ1) is 43.6. The topological polar surface area (TPSA) is 16.4 Å². The lowest BCUT2D eigenvalue weighted by Gasteiger charge is -2.36. The van der Waals surface area contributed by atoms with E-state index in [1.165, 1.54) is 77.9 Å². The van der Waals surface area contributed by atoms with Gasteiger partial charge in [0.25, 0.3) is 0 Å². The van der Waals surface area contributed by atoms with Crippen molar-refractivity contribution < 1.29 is 4.42 Å². The van der Waals surface area contributed by atoms with Crippen LogP contribution in [-0.2, 0) is 23.7 Å². The Kier molecular flexibility index (Phi) is 10.7. The largest absolute Gasteiger partial charge is 0.464 e. The van der Waals surface area contributed by atoms with Crippen LogP contribution in [-0.4, -0.2) is 0 Å². The molecule has 13 rings (SSSR count). The van der Waals surface area contributed by atoms with Crippen molar-refractivity contribution in [3.05, 3.63) is 305 Å². The molecule has 2 aliphatic rings. The first-order chi connectivity index (χ1) is 35.6. The highest BCUT2D eigenvalue weighted by Gasteiger charge is 2.48. The third-order valence-electron chi connectivity index (χ3n) is 15.7. The molecule has 0 spiro atoms. The van der Waals surface area contributed by atoms with E-state index in [1.807, 2.05) is 6.07 Å². The normalized spacial score (nSPS) is 16.2. The minimum Gasteiger partial charge on any atom is -0.464 e. The van der Waals surface area contributed by atoms with Gasteiger partial charge in [0, 0.05) is 22.4 Å². The van der Waals surface area contributed by atoms with Gasteiger partial charge in [-0.3, -0.25) is 0 Å². The number of anilines is 3. The summed E-state index contributed by atoms with van der Waals surface area (Å²) in [6.07, 6.45) is 6.11. The summed E-state index contributed by atoms with van der Waals surface area (Å²) < 4.78 is 5.73. The molecular weight excluding hydrogens is 871 g/mol. The second-order valence-electron chi connectivity index (χ2n) is 19.7. The summed E-state index contributed by atoms with van der Waals surface area (Å²) in [7, 11) is 0. The third-order valence-corrected chi connectivity index (χ3v) is 15.7. The molecule has 2 aliphatic carbocycles. The molecule has 0 N–H and O–H groups in total. The van der Waals surface area contributed by atoms with Gasteiger partial charge in [-0.15, -0.1) is 0 Å². The van der Waals surface area contributed by atoms with Crippen molar-refractivity contribution >= 4 is 28.0 Å². The SMILES string of the molecule is CCCc1ccc(C2(c3ccccc3)c3ccccc3-c3ccc(N(c4ccc(-c5ccc6occc6c5)cc4)c4ccc5c(c4)C(c4ccccc4)(c4ccc(CCC)cc4)c4ccccc4-5)cc32)cc1. The summed E-state index contributed by atoms with van der Waals surface area (Å²) in [6.45, 7) is 4.52. The molecule has 11 aromatic rings. The standard InChI is InChI=1S/C70H55NO/c1-3-15-48-25-32-55(33-26-48)69(53-17-7-5-8-18-53)64-23-13-11-21-60(64)62-40-38-58(46-66(62)69)71(57-36-29-50(30-37-57)51-31-42-68-52(45-51)43-44-72-68)59-39-41-63-61-22-12-14-24-65(61)70(67(63)47-59,54-19-9-6-10-20-54)56-34-27-49(16-4-2)28-35-56/h5-14,17-47H,3-4,15-16H2,1-2H3. The molecule has 2 atom stereocenters. The Hall–Kier alpha value is -8.46. The molecule has 0 radical (unpaired) electrons. The molecule has 0 amide bonds. The Labute approximate surface area is 423 Å².